The molecule has 0 saturated carbocycles. The first-order valence-electron chi connectivity index (χ1n) is 6.82. The van der Waals surface area contributed by atoms with Crippen LogP contribution >= 0.6 is 0 Å². The smallest absolute Gasteiger partial charge is 0.0117 e. The van der Waals surface area contributed by atoms with Crippen molar-refractivity contribution in [2.45, 2.75) is 39.7 Å². The van der Waals surface area contributed by atoms with Gasteiger partial charge in [-0.1, -0.05) is 17.7 Å². The van der Waals surface area contributed by atoms with Crippen LogP contribution in [0.4, 0.5) is 0 Å². The lowest BCUT2D eigenvalue weighted by Gasteiger charge is -2.21. The summed E-state index contributed by atoms with van der Waals surface area (Å²) in [7, 11) is 6.34. The molecule has 1 unspecified atom stereocenters. The van der Waals surface area contributed by atoms with Crippen LogP contribution in [0.3, 0.4) is 0 Å². The van der Waals surface area contributed by atoms with Gasteiger partial charge < -0.3 is 10.2 Å². The minimum atomic E-state index is 0.563. The van der Waals surface area contributed by atoms with Gasteiger partial charge in [0.2, 0.25) is 0 Å². The Bertz CT molecular complexity index is 360. The number of rotatable bonds is 6. The van der Waals surface area contributed by atoms with E-state index in [1.54, 1.807) is 0 Å². The molecule has 0 heterocycles. The zero-order valence-electron chi connectivity index (χ0n) is 12.8. The lowest BCUT2D eigenvalue weighted by atomic mass is 9.93. The van der Waals surface area contributed by atoms with Crippen molar-refractivity contribution < 1.29 is 0 Å². The summed E-state index contributed by atoms with van der Waals surface area (Å²) in [5.74, 6) is 0. The van der Waals surface area contributed by atoms with Gasteiger partial charge >= 0.3 is 0 Å². The van der Waals surface area contributed by atoms with Crippen molar-refractivity contribution in [3.63, 3.8) is 0 Å². The van der Waals surface area contributed by atoms with E-state index in [1.165, 1.54) is 28.7 Å². The minimum Gasteiger partial charge on any atom is -0.317 e. The predicted molar refractivity (Wildman–Crippen MR) is 80.4 cm³/mol. The highest BCUT2D eigenvalue weighted by Gasteiger charge is 2.11. The zero-order valence-corrected chi connectivity index (χ0v) is 12.8. The van der Waals surface area contributed by atoms with Gasteiger partial charge in [-0.05, 0) is 78.0 Å². The molecule has 0 aliphatic rings. The largest absolute Gasteiger partial charge is 0.317 e. The van der Waals surface area contributed by atoms with E-state index in [1.807, 2.05) is 0 Å². The van der Waals surface area contributed by atoms with Gasteiger partial charge in [-0.3, -0.25) is 0 Å². The highest BCUT2D eigenvalue weighted by molar-refractivity contribution is 5.38. The molecule has 0 aromatic heterocycles. The van der Waals surface area contributed by atoms with E-state index in [4.69, 9.17) is 0 Å². The number of hydrogen-bond donors (Lipinski definition) is 1. The van der Waals surface area contributed by atoms with Crippen molar-refractivity contribution in [2.75, 3.05) is 27.7 Å². The fourth-order valence-corrected chi connectivity index (χ4v) is 2.54. The van der Waals surface area contributed by atoms with Gasteiger partial charge in [-0.15, -0.1) is 0 Å². The molecule has 0 aliphatic carbocycles. The van der Waals surface area contributed by atoms with Crippen LogP contribution in [0.15, 0.2) is 12.1 Å². The minimum absolute atomic E-state index is 0.563. The Morgan fingerprint density at radius 3 is 2.11 bits per heavy atom. The molecule has 1 aromatic rings. The Hall–Kier alpha value is -0.860. The molecule has 0 fully saturated rings. The molecule has 0 aliphatic heterocycles. The van der Waals surface area contributed by atoms with Crippen LogP contribution in [0.2, 0.25) is 0 Å². The van der Waals surface area contributed by atoms with Gasteiger partial charge in [0.25, 0.3) is 0 Å². The Morgan fingerprint density at radius 1 is 1.11 bits per heavy atom. The van der Waals surface area contributed by atoms with Crippen molar-refractivity contribution in [2.24, 2.45) is 0 Å². The summed E-state index contributed by atoms with van der Waals surface area (Å²) in [5, 5.41) is 3.45. The monoisotopic (exact) mass is 248 g/mol. The van der Waals surface area contributed by atoms with E-state index in [0.717, 1.165) is 13.0 Å². The fraction of sp³-hybridized carbons (Fsp3) is 0.625. The molecule has 0 spiro atoms. The van der Waals surface area contributed by atoms with Crippen LogP contribution < -0.4 is 5.32 Å². The first-order valence-corrected chi connectivity index (χ1v) is 6.82. The van der Waals surface area contributed by atoms with Gasteiger partial charge in [0.15, 0.2) is 0 Å². The van der Waals surface area contributed by atoms with Crippen LogP contribution in [0.1, 0.15) is 28.7 Å². The molecule has 1 atom stereocenters. The Morgan fingerprint density at radius 2 is 1.67 bits per heavy atom. The zero-order chi connectivity index (χ0) is 13.7. The van der Waals surface area contributed by atoms with E-state index in [2.05, 4.69) is 64.3 Å². The van der Waals surface area contributed by atoms with Crippen molar-refractivity contribution >= 4 is 0 Å². The maximum absolute atomic E-state index is 3.45. The molecular weight excluding hydrogens is 220 g/mol. The maximum atomic E-state index is 3.45. The third-order valence-electron chi connectivity index (χ3n) is 3.62. The molecule has 1 rings (SSSR count). The molecule has 18 heavy (non-hydrogen) atoms. The second kappa shape index (κ2) is 6.91. The van der Waals surface area contributed by atoms with Gasteiger partial charge in [0.1, 0.15) is 0 Å². The molecule has 0 amide bonds. The quantitative estimate of drug-likeness (QED) is 0.832. The lowest BCUT2D eigenvalue weighted by Crippen LogP contribution is -2.31. The number of likely N-dealkylation sites (N-methyl/N-ethyl adjacent to an activating group) is 1. The number of aryl methyl sites for hydroxylation is 3. The average molecular weight is 248 g/mol. The standard InChI is InChI=1S/C16H28N2/c1-12-9-13(2)16(14(3)10-12)11-15(17-4)7-8-18(5)6/h9-10,15,17H,7-8,11H2,1-6H3. The van der Waals surface area contributed by atoms with Crippen molar-refractivity contribution in [3.8, 4) is 0 Å². The number of nitrogens with one attached hydrogen (secondary N) is 1. The third-order valence-corrected chi connectivity index (χ3v) is 3.62. The summed E-state index contributed by atoms with van der Waals surface area (Å²) in [6.07, 6.45) is 2.32. The molecule has 102 valence electrons. The normalized spacial score (nSPS) is 13.1. The van der Waals surface area contributed by atoms with Crippen LogP contribution in [0.5, 0.6) is 0 Å². The Labute approximate surface area is 112 Å². The third kappa shape index (κ3) is 4.43. The van der Waals surface area contributed by atoms with E-state index < -0.39 is 0 Å². The summed E-state index contributed by atoms with van der Waals surface area (Å²) in [6, 6.07) is 5.15. The molecule has 0 saturated heterocycles. The van der Waals surface area contributed by atoms with E-state index in [0.29, 0.717) is 6.04 Å². The van der Waals surface area contributed by atoms with Crippen LogP contribution in [-0.4, -0.2) is 38.6 Å². The Balaban J connectivity index is 2.75. The predicted octanol–water partition coefficient (Wildman–Crippen LogP) is 2.69. The van der Waals surface area contributed by atoms with Crippen molar-refractivity contribution in [3.05, 3.63) is 34.4 Å². The molecule has 2 heteroatoms. The summed E-state index contributed by atoms with van der Waals surface area (Å²) in [5.41, 5.74) is 5.73. The van der Waals surface area contributed by atoms with E-state index in [9.17, 15) is 0 Å². The van der Waals surface area contributed by atoms with E-state index >= 15 is 0 Å². The number of benzene rings is 1. The van der Waals surface area contributed by atoms with Crippen LogP contribution in [0, 0.1) is 20.8 Å². The average Bonchev–Trinajstić information content (AvgIpc) is 2.26. The van der Waals surface area contributed by atoms with Gasteiger partial charge in [0.05, 0.1) is 0 Å². The van der Waals surface area contributed by atoms with Gasteiger partial charge in [0, 0.05) is 6.04 Å². The van der Waals surface area contributed by atoms with Crippen molar-refractivity contribution in [1.82, 2.24) is 10.2 Å². The second-order valence-electron chi connectivity index (χ2n) is 5.66. The summed E-state index contributed by atoms with van der Waals surface area (Å²) >= 11 is 0. The Kier molecular flexibility index (Phi) is 5.83. The highest BCUT2D eigenvalue weighted by atomic mass is 15.1. The first-order chi connectivity index (χ1) is 8.43. The van der Waals surface area contributed by atoms with Crippen LogP contribution in [-0.2, 0) is 6.42 Å². The molecule has 2 nitrogen and oxygen atoms in total. The topological polar surface area (TPSA) is 15.3 Å². The van der Waals surface area contributed by atoms with Crippen LogP contribution in [0.25, 0.3) is 0 Å². The molecule has 0 radical (unpaired) electrons. The van der Waals surface area contributed by atoms with E-state index in [-0.39, 0.29) is 0 Å². The SMILES string of the molecule is CNC(CCN(C)C)Cc1c(C)cc(C)cc1C. The summed E-state index contributed by atoms with van der Waals surface area (Å²) < 4.78 is 0. The molecule has 1 N–H and O–H groups in total. The molecule has 0 bridgehead atoms. The molecular formula is C16H28N2. The van der Waals surface area contributed by atoms with Crippen molar-refractivity contribution in [1.29, 1.82) is 0 Å². The summed E-state index contributed by atoms with van der Waals surface area (Å²) in [6.45, 7) is 7.77. The van der Waals surface area contributed by atoms with Gasteiger partial charge in [-0.25, -0.2) is 0 Å². The molecule has 1 aromatic carbocycles. The second-order valence-corrected chi connectivity index (χ2v) is 5.66. The maximum Gasteiger partial charge on any atom is 0.0117 e. The summed E-state index contributed by atoms with van der Waals surface area (Å²) in [4.78, 5) is 2.25. The fourth-order valence-electron chi connectivity index (χ4n) is 2.54. The lowest BCUT2D eigenvalue weighted by molar-refractivity contribution is 0.364. The highest BCUT2D eigenvalue weighted by Crippen LogP contribution is 2.18. The first kappa shape index (κ1) is 15.2. The van der Waals surface area contributed by atoms with Gasteiger partial charge in [-0.2, -0.15) is 0 Å². The number of nitrogens with zero attached hydrogens (tertiary/aromatic N) is 1. The number of hydrogen-bond acceptors (Lipinski definition) is 2.